The summed E-state index contributed by atoms with van der Waals surface area (Å²) in [5.74, 6) is -1.67. The molecule has 2 rings (SSSR count). The van der Waals surface area contributed by atoms with Gasteiger partial charge in [-0.15, -0.1) is 0 Å². The molecule has 1 heterocycles. The largest absolute Gasteiger partial charge is 0.479 e. The van der Waals surface area contributed by atoms with Crippen LogP contribution in [0.15, 0.2) is 51.6 Å². The van der Waals surface area contributed by atoms with Gasteiger partial charge in [-0.1, -0.05) is 30.3 Å². The van der Waals surface area contributed by atoms with Crippen molar-refractivity contribution in [1.82, 2.24) is 5.32 Å². The number of nitrogens with one attached hydrogen (secondary N) is 1. The van der Waals surface area contributed by atoms with Gasteiger partial charge in [0, 0.05) is 0 Å². The number of amides is 1. The third-order valence-corrected chi connectivity index (χ3v) is 2.88. The Labute approximate surface area is 117 Å². The van der Waals surface area contributed by atoms with E-state index in [1.54, 1.807) is 36.4 Å². The Morgan fingerprint density at radius 3 is 2.37 bits per heavy atom. The highest BCUT2D eigenvalue weighted by Gasteiger charge is 2.23. The van der Waals surface area contributed by atoms with E-state index in [9.17, 15) is 14.7 Å². The Hall–Kier alpha value is -2.08. The highest BCUT2D eigenvalue weighted by Crippen LogP contribution is 2.17. The molecule has 1 amide bonds. The molecular formula is C13H10BrNO4. The van der Waals surface area contributed by atoms with Crippen molar-refractivity contribution in [2.45, 2.75) is 6.04 Å². The number of hydrogen-bond donors (Lipinski definition) is 2. The minimum absolute atomic E-state index is 0.0501. The molecule has 0 bridgehead atoms. The first-order chi connectivity index (χ1) is 9.08. The normalized spacial score (nSPS) is 11.8. The fourth-order valence-electron chi connectivity index (χ4n) is 1.57. The average Bonchev–Trinajstić information content (AvgIpc) is 2.83. The molecule has 0 radical (unpaired) electrons. The second-order valence-corrected chi connectivity index (χ2v) is 4.54. The van der Waals surface area contributed by atoms with E-state index in [0.717, 1.165) is 0 Å². The van der Waals surface area contributed by atoms with Gasteiger partial charge in [-0.05, 0) is 33.6 Å². The summed E-state index contributed by atoms with van der Waals surface area (Å²) >= 11 is 3.08. The van der Waals surface area contributed by atoms with Gasteiger partial charge in [-0.2, -0.15) is 0 Å². The van der Waals surface area contributed by atoms with Crippen LogP contribution in [0.2, 0.25) is 0 Å². The lowest BCUT2D eigenvalue weighted by Crippen LogP contribution is -2.33. The number of rotatable bonds is 4. The number of carbonyl (C=O) groups excluding carboxylic acids is 1. The quantitative estimate of drug-likeness (QED) is 0.906. The second-order valence-electron chi connectivity index (χ2n) is 3.76. The van der Waals surface area contributed by atoms with Crippen LogP contribution in [-0.4, -0.2) is 17.0 Å². The zero-order chi connectivity index (χ0) is 13.8. The average molecular weight is 324 g/mol. The maximum absolute atomic E-state index is 11.9. The lowest BCUT2D eigenvalue weighted by Gasteiger charge is -2.13. The fourth-order valence-corrected chi connectivity index (χ4v) is 1.88. The maximum atomic E-state index is 11.9. The third kappa shape index (κ3) is 3.23. The van der Waals surface area contributed by atoms with Gasteiger partial charge in [0.05, 0.1) is 0 Å². The Kier molecular flexibility index (Phi) is 4.01. The van der Waals surface area contributed by atoms with E-state index in [4.69, 9.17) is 4.42 Å². The van der Waals surface area contributed by atoms with E-state index in [0.29, 0.717) is 10.2 Å². The van der Waals surface area contributed by atoms with Gasteiger partial charge >= 0.3 is 5.97 Å². The lowest BCUT2D eigenvalue weighted by atomic mass is 10.1. The number of halogens is 1. The number of carboxylic acid groups (broad SMARTS) is 1. The van der Waals surface area contributed by atoms with Crippen LogP contribution in [0.1, 0.15) is 22.2 Å². The summed E-state index contributed by atoms with van der Waals surface area (Å²) < 4.78 is 5.48. The van der Waals surface area contributed by atoms with Crippen molar-refractivity contribution in [2.24, 2.45) is 0 Å². The zero-order valence-corrected chi connectivity index (χ0v) is 11.3. The molecule has 1 aromatic carbocycles. The van der Waals surface area contributed by atoms with Crippen LogP contribution in [-0.2, 0) is 4.79 Å². The summed E-state index contributed by atoms with van der Waals surface area (Å²) in [6, 6.07) is 10.4. The van der Waals surface area contributed by atoms with Gasteiger partial charge in [0.15, 0.2) is 16.5 Å². The van der Waals surface area contributed by atoms with Crippen molar-refractivity contribution < 1.29 is 19.1 Å². The van der Waals surface area contributed by atoms with Crippen LogP contribution in [0.5, 0.6) is 0 Å². The van der Waals surface area contributed by atoms with Crippen LogP contribution in [0, 0.1) is 0 Å². The molecule has 0 aliphatic heterocycles. The molecule has 2 aromatic rings. The summed E-state index contributed by atoms with van der Waals surface area (Å²) in [5, 5.41) is 11.6. The van der Waals surface area contributed by atoms with Gasteiger partial charge in [0.1, 0.15) is 0 Å². The molecule has 5 nitrogen and oxygen atoms in total. The van der Waals surface area contributed by atoms with Crippen LogP contribution in [0.3, 0.4) is 0 Å². The van der Waals surface area contributed by atoms with Gasteiger partial charge in [0.2, 0.25) is 0 Å². The Bertz CT molecular complexity index is 594. The lowest BCUT2D eigenvalue weighted by molar-refractivity contribution is -0.139. The molecule has 6 heteroatoms. The second kappa shape index (κ2) is 5.71. The minimum atomic E-state index is -1.13. The van der Waals surface area contributed by atoms with E-state index >= 15 is 0 Å². The molecule has 0 aliphatic carbocycles. The predicted molar refractivity (Wildman–Crippen MR) is 70.7 cm³/mol. The zero-order valence-electron chi connectivity index (χ0n) is 9.67. The standard InChI is InChI=1S/C13H10BrNO4/c14-10-7-6-9(19-10)12(16)15-11(13(17)18)8-4-2-1-3-5-8/h1-7,11H,(H,15,16)(H,17,18)/t11-/m0/s1. The van der Waals surface area contributed by atoms with Crippen molar-refractivity contribution in [3.05, 3.63) is 58.5 Å². The summed E-state index contributed by atoms with van der Waals surface area (Å²) in [6.45, 7) is 0. The van der Waals surface area contributed by atoms with Crippen molar-refractivity contribution in [3.8, 4) is 0 Å². The van der Waals surface area contributed by atoms with Gasteiger partial charge < -0.3 is 14.8 Å². The highest BCUT2D eigenvalue weighted by molar-refractivity contribution is 9.10. The topological polar surface area (TPSA) is 79.5 Å². The first-order valence-corrected chi connectivity index (χ1v) is 6.21. The van der Waals surface area contributed by atoms with E-state index in [-0.39, 0.29) is 5.76 Å². The summed E-state index contributed by atoms with van der Waals surface area (Å²) in [6.07, 6.45) is 0. The Balaban J connectivity index is 2.18. The first-order valence-electron chi connectivity index (χ1n) is 5.42. The molecular weight excluding hydrogens is 314 g/mol. The summed E-state index contributed by atoms with van der Waals surface area (Å²) in [7, 11) is 0. The smallest absolute Gasteiger partial charge is 0.330 e. The highest BCUT2D eigenvalue weighted by atomic mass is 79.9. The summed E-state index contributed by atoms with van der Waals surface area (Å²) in [4.78, 5) is 23.1. The van der Waals surface area contributed by atoms with Crippen molar-refractivity contribution in [3.63, 3.8) is 0 Å². The molecule has 0 spiro atoms. The van der Waals surface area contributed by atoms with Crippen LogP contribution in [0.4, 0.5) is 0 Å². The third-order valence-electron chi connectivity index (χ3n) is 2.45. The first kappa shape index (κ1) is 13.4. The van der Waals surface area contributed by atoms with Crippen molar-refractivity contribution in [2.75, 3.05) is 0 Å². The molecule has 0 fully saturated rings. The van der Waals surface area contributed by atoms with Gasteiger partial charge in [-0.25, -0.2) is 4.79 Å². The minimum Gasteiger partial charge on any atom is -0.479 e. The number of aliphatic carboxylic acids is 1. The fraction of sp³-hybridized carbons (Fsp3) is 0.0769. The Morgan fingerprint density at radius 1 is 1.16 bits per heavy atom. The molecule has 0 saturated carbocycles. The number of carboxylic acids is 1. The van der Waals surface area contributed by atoms with Crippen LogP contribution >= 0.6 is 15.9 Å². The predicted octanol–water partition coefficient (Wildman–Crippen LogP) is 2.60. The monoisotopic (exact) mass is 323 g/mol. The van der Waals surface area contributed by atoms with Crippen molar-refractivity contribution >= 4 is 27.8 Å². The molecule has 19 heavy (non-hydrogen) atoms. The van der Waals surface area contributed by atoms with E-state index in [1.165, 1.54) is 6.07 Å². The molecule has 2 N–H and O–H groups in total. The molecule has 0 aliphatic rings. The maximum Gasteiger partial charge on any atom is 0.330 e. The number of hydrogen-bond acceptors (Lipinski definition) is 3. The molecule has 1 atom stereocenters. The van der Waals surface area contributed by atoms with E-state index < -0.39 is 17.9 Å². The van der Waals surface area contributed by atoms with Crippen molar-refractivity contribution in [1.29, 1.82) is 0 Å². The molecule has 98 valence electrons. The Morgan fingerprint density at radius 2 is 1.84 bits per heavy atom. The molecule has 0 unspecified atom stereocenters. The van der Waals surface area contributed by atoms with Crippen LogP contribution < -0.4 is 5.32 Å². The van der Waals surface area contributed by atoms with Gasteiger partial charge in [0.25, 0.3) is 5.91 Å². The number of benzene rings is 1. The van der Waals surface area contributed by atoms with E-state index in [2.05, 4.69) is 21.2 Å². The molecule has 0 saturated heterocycles. The van der Waals surface area contributed by atoms with Gasteiger partial charge in [-0.3, -0.25) is 4.79 Å². The van der Waals surface area contributed by atoms with Crippen LogP contribution in [0.25, 0.3) is 0 Å². The molecule has 1 aromatic heterocycles. The number of furan rings is 1. The van der Waals surface area contributed by atoms with E-state index in [1.807, 2.05) is 0 Å². The SMILES string of the molecule is O=C(N[C@H](C(=O)O)c1ccccc1)c1ccc(Br)o1. The summed E-state index contributed by atoms with van der Waals surface area (Å²) in [5.41, 5.74) is 0.494. The number of carbonyl (C=O) groups is 2.